The molecule has 0 radical (unpaired) electrons. The van der Waals surface area contributed by atoms with Crippen LogP contribution in [-0.4, -0.2) is 24.9 Å². The summed E-state index contributed by atoms with van der Waals surface area (Å²) in [5.74, 6) is -0.715. The van der Waals surface area contributed by atoms with E-state index >= 15 is 0 Å². The van der Waals surface area contributed by atoms with Crippen molar-refractivity contribution in [1.82, 2.24) is 0 Å². The largest absolute Gasteiger partial charge is 0.465 e. The van der Waals surface area contributed by atoms with Crippen LogP contribution in [0.4, 0.5) is 5.69 Å². The Balaban J connectivity index is 2.94. The number of ether oxygens (including phenoxy) is 1. The number of nitrogens with one attached hydrogen (secondary N) is 1. The Bertz CT molecular complexity index is 430. The number of carbonyl (C=O) groups is 2. The van der Waals surface area contributed by atoms with Crippen LogP contribution in [0.3, 0.4) is 0 Å². The van der Waals surface area contributed by atoms with Gasteiger partial charge in [-0.25, -0.2) is 4.79 Å². The van der Waals surface area contributed by atoms with Gasteiger partial charge in [0.2, 0.25) is 5.91 Å². The first-order valence-electron chi connectivity index (χ1n) is 5.04. The Morgan fingerprint density at radius 2 is 2.24 bits per heavy atom. The average molecular weight is 276 g/mol. The van der Waals surface area contributed by atoms with Gasteiger partial charge in [0.15, 0.2) is 0 Å². The van der Waals surface area contributed by atoms with Crippen molar-refractivity contribution in [1.29, 1.82) is 0 Å². The van der Waals surface area contributed by atoms with Crippen LogP contribution in [0.2, 0.25) is 0 Å². The minimum absolute atomic E-state index is 0.202. The Kier molecular flexibility index (Phi) is 4.96. The SMILES string of the molecule is COC(=O)c1scc(C)c1NC(=O)C(C)CCl. The van der Waals surface area contributed by atoms with Crippen molar-refractivity contribution in [3.05, 3.63) is 15.8 Å². The second kappa shape index (κ2) is 6.02. The zero-order valence-electron chi connectivity index (χ0n) is 9.87. The van der Waals surface area contributed by atoms with Crippen LogP contribution in [0, 0.1) is 12.8 Å². The number of carbonyl (C=O) groups excluding carboxylic acids is 2. The molecule has 1 atom stereocenters. The van der Waals surface area contributed by atoms with Gasteiger partial charge in [-0.15, -0.1) is 22.9 Å². The summed E-state index contributed by atoms with van der Waals surface area (Å²) in [6.07, 6.45) is 0. The number of aryl methyl sites for hydroxylation is 1. The number of methoxy groups -OCH3 is 1. The number of halogens is 1. The number of hydrogen-bond donors (Lipinski definition) is 1. The summed E-state index contributed by atoms with van der Waals surface area (Å²) in [7, 11) is 1.31. The van der Waals surface area contributed by atoms with Crippen LogP contribution in [0.5, 0.6) is 0 Å². The molecular weight excluding hydrogens is 262 g/mol. The molecule has 0 spiro atoms. The molecule has 0 aromatic carbocycles. The van der Waals surface area contributed by atoms with E-state index in [4.69, 9.17) is 11.6 Å². The van der Waals surface area contributed by atoms with Crippen LogP contribution in [-0.2, 0) is 9.53 Å². The highest BCUT2D eigenvalue weighted by Gasteiger charge is 2.20. The molecular formula is C11H14ClNO3S. The zero-order valence-corrected chi connectivity index (χ0v) is 11.4. The van der Waals surface area contributed by atoms with E-state index in [9.17, 15) is 9.59 Å². The molecule has 17 heavy (non-hydrogen) atoms. The normalized spacial score (nSPS) is 12.0. The smallest absolute Gasteiger partial charge is 0.350 e. The summed E-state index contributed by atoms with van der Waals surface area (Å²) < 4.78 is 4.65. The lowest BCUT2D eigenvalue weighted by Crippen LogP contribution is -2.22. The summed E-state index contributed by atoms with van der Waals surface area (Å²) in [6, 6.07) is 0. The van der Waals surface area contributed by atoms with E-state index in [1.165, 1.54) is 18.4 Å². The van der Waals surface area contributed by atoms with E-state index in [2.05, 4.69) is 10.1 Å². The Morgan fingerprint density at radius 1 is 1.59 bits per heavy atom. The van der Waals surface area contributed by atoms with Crippen LogP contribution >= 0.6 is 22.9 Å². The molecule has 1 rings (SSSR count). The highest BCUT2D eigenvalue weighted by molar-refractivity contribution is 7.12. The van der Waals surface area contributed by atoms with E-state index in [0.29, 0.717) is 10.6 Å². The van der Waals surface area contributed by atoms with E-state index in [1.54, 1.807) is 12.3 Å². The Hall–Kier alpha value is -1.07. The standard InChI is InChI=1S/C11H14ClNO3S/c1-6(4-12)10(14)13-8-7(2)5-17-9(8)11(15)16-3/h5-6H,4H2,1-3H3,(H,13,14). The Morgan fingerprint density at radius 3 is 2.76 bits per heavy atom. The van der Waals surface area contributed by atoms with Crippen LogP contribution in [0.1, 0.15) is 22.2 Å². The molecule has 1 amide bonds. The molecule has 1 aromatic rings. The third kappa shape index (κ3) is 3.20. The summed E-state index contributed by atoms with van der Waals surface area (Å²) in [6.45, 7) is 3.55. The maximum absolute atomic E-state index is 11.7. The monoisotopic (exact) mass is 275 g/mol. The molecule has 0 fully saturated rings. The number of anilines is 1. The Labute approximate surface area is 109 Å². The van der Waals surface area contributed by atoms with Gasteiger partial charge in [-0.3, -0.25) is 4.79 Å². The summed E-state index contributed by atoms with van der Waals surface area (Å²) in [4.78, 5) is 23.6. The first kappa shape index (κ1) is 14.0. The molecule has 0 bridgehead atoms. The highest BCUT2D eigenvalue weighted by atomic mass is 35.5. The minimum Gasteiger partial charge on any atom is -0.465 e. The molecule has 0 aliphatic rings. The summed E-state index contributed by atoms with van der Waals surface area (Å²) >= 11 is 6.85. The maximum atomic E-state index is 11.7. The van der Waals surface area contributed by atoms with E-state index < -0.39 is 5.97 Å². The number of rotatable bonds is 4. The van der Waals surface area contributed by atoms with Crippen molar-refractivity contribution in [2.24, 2.45) is 5.92 Å². The third-order valence-corrected chi connectivity index (χ3v) is 3.81. The lowest BCUT2D eigenvalue weighted by Gasteiger charge is -2.10. The molecule has 4 nitrogen and oxygen atoms in total. The molecule has 0 saturated carbocycles. The third-order valence-electron chi connectivity index (χ3n) is 2.27. The minimum atomic E-state index is -0.447. The van der Waals surface area contributed by atoms with Gasteiger partial charge in [0.05, 0.1) is 12.8 Å². The van der Waals surface area contributed by atoms with Gasteiger partial charge < -0.3 is 10.1 Å². The molecule has 0 aliphatic heterocycles. The predicted molar refractivity (Wildman–Crippen MR) is 68.9 cm³/mol. The molecule has 1 N–H and O–H groups in total. The van der Waals surface area contributed by atoms with Crippen LogP contribution < -0.4 is 5.32 Å². The van der Waals surface area contributed by atoms with Crippen molar-refractivity contribution in [3.8, 4) is 0 Å². The maximum Gasteiger partial charge on any atom is 0.350 e. The first-order chi connectivity index (χ1) is 8.01. The number of amides is 1. The molecule has 6 heteroatoms. The van der Waals surface area contributed by atoms with Crippen molar-refractivity contribution >= 4 is 40.5 Å². The van der Waals surface area contributed by atoms with Gasteiger partial charge in [-0.1, -0.05) is 6.92 Å². The molecule has 1 aromatic heterocycles. The molecule has 1 unspecified atom stereocenters. The second-order valence-corrected chi connectivity index (χ2v) is 4.85. The average Bonchev–Trinajstić information content (AvgIpc) is 2.69. The highest BCUT2D eigenvalue weighted by Crippen LogP contribution is 2.28. The van der Waals surface area contributed by atoms with Gasteiger partial charge in [0.25, 0.3) is 0 Å². The fourth-order valence-corrected chi connectivity index (χ4v) is 2.22. The fraction of sp³-hybridized carbons (Fsp3) is 0.455. The van der Waals surface area contributed by atoms with E-state index in [0.717, 1.165) is 5.56 Å². The van der Waals surface area contributed by atoms with Crippen molar-refractivity contribution in [2.75, 3.05) is 18.3 Å². The number of thiophene rings is 1. The van der Waals surface area contributed by atoms with Gasteiger partial charge >= 0.3 is 5.97 Å². The summed E-state index contributed by atoms with van der Waals surface area (Å²) in [5, 5.41) is 4.51. The van der Waals surface area contributed by atoms with Gasteiger partial charge in [0, 0.05) is 11.8 Å². The van der Waals surface area contributed by atoms with Crippen LogP contribution in [0.15, 0.2) is 5.38 Å². The van der Waals surface area contributed by atoms with Gasteiger partial charge in [-0.05, 0) is 17.9 Å². The van der Waals surface area contributed by atoms with Crippen molar-refractivity contribution < 1.29 is 14.3 Å². The van der Waals surface area contributed by atoms with Crippen molar-refractivity contribution in [3.63, 3.8) is 0 Å². The van der Waals surface area contributed by atoms with Gasteiger partial charge in [-0.2, -0.15) is 0 Å². The topological polar surface area (TPSA) is 55.4 Å². The lowest BCUT2D eigenvalue weighted by atomic mass is 10.2. The van der Waals surface area contributed by atoms with E-state index in [1.807, 2.05) is 6.92 Å². The molecule has 94 valence electrons. The molecule has 1 heterocycles. The summed E-state index contributed by atoms with van der Waals surface area (Å²) in [5.41, 5.74) is 1.36. The number of esters is 1. The predicted octanol–water partition coefficient (Wildman–Crippen LogP) is 2.66. The molecule has 0 aliphatic carbocycles. The first-order valence-corrected chi connectivity index (χ1v) is 6.45. The zero-order chi connectivity index (χ0) is 13.0. The quantitative estimate of drug-likeness (QED) is 0.679. The van der Waals surface area contributed by atoms with Crippen LogP contribution in [0.25, 0.3) is 0 Å². The van der Waals surface area contributed by atoms with Crippen molar-refractivity contribution in [2.45, 2.75) is 13.8 Å². The lowest BCUT2D eigenvalue weighted by molar-refractivity contribution is -0.118. The van der Waals surface area contributed by atoms with Gasteiger partial charge in [0.1, 0.15) is 4.88 Å². The fourth-order valence-electron chi connectivity index (χ4n) is 1.16. The number of hydrogen-bond acceptors (Lipinski definition) is 4. The molecule has 0 saturated heterocycles. The van der Waals surface area contributed by atoms with E-state index in [-0.39, 0.29) is 17.7 Å². The second-order valence-electron chi connectivity index (χ2n) is 3.66. The number of alkyl halides is 1.